The Labute approximate surface area is 222 Å². The van der Waals surface area contributed by atoms with Crippen molar-refractivity contribution in [2.45, 2.75) is 36.5 Å². The fraction of sp³-hybridized carbons (Fsp3) is 0.188. The molecule has 0 N–H and O–H groups in total. The van der Waals surface area contributed by atoms with Crippen molar-refractivity contribution in [3.8, 4) is 22.3 Å². The smallest absolute Gasteiger partial charge is 0.310 e. The van der Waals surface area contributed by atoms with E-state index in [2.05, 4.69) is 48.5 Å². The van der Waals surface area contributed by atoms with Gasteiger partial charge in [-0.05, 0) is 71.5 Å². The molecule has 0 amide bonds. The Bertz CT molecular complexity index is 1250. The van der Waals surface area contributed by atoms with Crippen LogP contribution in [0.1, 0.15) is 25.0 Å². The first kappa shape index (κ1) is 26.2. The van der Waals surface area contributed by atoms with E-state index < -0.39 is 0 Å². The van der Waals surface area contributed by atoms with E-state index in [0.717, 1.165) is 43.2 Å². The zero-order chi connectivity index (χ0) is 26.0. The molecule has 188 valence electrons. The van der Waals surface area contributed by atoms with Gasteiger partial charge in [0.15, 0.2) is 0 Å². The van der Waals surface area contributed by atoms with Crippen LogP contribution in [0.2, 0.25) is 0 Å². The molecule has 37 heavy (non-hydrogen) atoms. The van der Waals surface area contributed by atoms with Crippen molar-refractivity contribution in [2.75, 3.05) is 13.2 Å². The van der Waals surface area contributed by atoms with Gasteiger partial charge in [-0.2, -0.15) is 0 Å². The Morgan fingerprint density at radius 2 is 1.00 bits per heavy atom. The van der Waals surface area contributed by atoms with Crippen LogP contribution >= 0.6 is 11.8 Å². The maximum absolute atomic E-state index is 12.1. The molecule has 0 radical (unpaired) electrons. The fourth-order valence-corrected chi connectivity index (χ4v) is 5.20. The summed E-state index contributed by atoms with van der Waals surface area (Å²) in [5, 5.41) is 0. The molecule has 0 aliphatic heterocycles. The van der Waals surface area contributed by atoms with E-state index in [9.17, 15) is 9.59 Å². The van der Waals surface area contributed by atoms with Gasteiger partial charge in [-0.3, -0.25) is 9.59 Å². The maximum Gasteiger partial charge on any atom is 0.310 e. The van der Waals surface area contributed by atoms with E-state index in [1.54, 1.807) is 11.8 Å². The van der Waals surface area contributed by atoms with Crippen LogP contribution in [0.25, 0.3) is 22.3 Å². The predicted octanol–water partition coefficient (Wildman–Crippen LogP) is 7.38. The fourth-order valence-electron chi connectivity index (χ4n) is 4.11. The van der Waals surface area contributed by atoms with Crippen LogP contribution in [-0.4, -0.2) is 25.2 Å². The lowest BCUT2D eigenvalue weighted by molar-refractivity contribution is -0.143. The van der Waals surface area contributed by atoms with Crippen LogP contribution in [0.15, 0.2) is 107 Å². The van der Waals surface area contributed by atoms with Gasteiger partial charge in [-0.25, -0.2) is 0 Å². The summed E-state index contributed by atoms with van der Waals surface area (Å²) in [5.41, 5.74) is 6.10. The third-order valence-electron chi connectivity index (χ3n) is 5.79. The van der Waals surface area contributed by atoms with Crippen molar-refractivity contribution in [1.29, 1.82) is 0 Å². The molecule has 4 aromatic carbocycles. The minimum Gasteiger partial charge on any atom is -0.466 e. The highest BCUT2D eigenvalue weighted by Gasteiger charge is 2.15. The first-order chi connectivity index (χ1) is 18.1. The topological polar surface area (TPSA) is 52.6 Å². The third-order valence-corrected chi connectivity index (χ3v) is 6.94. The zero-order valence-electron chi connectivity index (χ0n) is 21.1. The quantitative estimate of drug-likeness (QED) is 0.208. The lowest BCUT2D eigenvalue weighted by Crippen LogP contribution is -2.07. The summed E-state index contributed by atoms with van der Waals surface area (Å²) in [4.78, 5) is 26.4. The van der Waals surface area contributed by atoms with Gasteiger partial charge in [-0.1, -0.05) is 84.6 Å². The molecule has 0 atom stereocenters. The molecule has 0 saturated carbocycles. The van der Waals surface area contributed by atoms with Crippen molar-refractivity contribution in [3.63, 3.8) is 0 Å². The van der Waals surface area contributed by atoms with Crippen molar-refractivity contribution < 1.29 is 19.1 Å². The van der Waals surface area contributed by atoms with Crippen molar-refractivity contribution in [1.82, 2.24) is 0 Å². The highest BCUT2D eigenvalue weighted by atomic mass is 32.2. The maximum atomic E-state index is 12.1. The number of benzene rings is 4. The SMILES string of the molecule is CCOC(=O)Cc1ccc(Sc2ccc(CC(=O)OCC)cc2-c2ccccc2)c(-c2ccccc2)c1. The zero-order valence-corrected chi connectivity index (χ0v) is 21.9. The average Bonchev–Trinajstić information content (AvgIpc) is 2.91. The number of hydrogen-bond donors (Lipinski definition) is 0. The lowest BCUT2D eigenvalue weighted by Gasteiger charge is -2.16. The first-order valence-corrected chi connectivity index (χ1v) is 13.2. The molecule has 0 saturated heterocycles. The van der Waals surface area contributed by atoms with E-state index in [4.69, 9.17) is 9.47 Å². The molecule has 0 aliphatic carbocycles. The second kappa shape index (κ2) is 12.9. The van der Waals surface area contributed by atoms with E-state index in [1.165, 1.54) is 0 Å². The van der Waals surface area contributed by atoms with Gasteiger partial charge >= 0.3 is 11.9 Å². The molecule has 0 unspecified atom stereocenters. The largest absolute Gasteiger partial charge is 0.466 e. The van der Waals surface area contributed by atoms with Crippen molar-refractivity contribution >= 4 is 23.7 Å². The molecule has 4 aromatic rings. The average molecular weight is 511 g/mol. The van der Waals surface area contributed by atoms with Crippen LogP contribution < -0.4 is 0 Å². The Morgan fingerprint density at radius 3 is 1.38 bits per heavy atom. The second-order valence-electron chi connectivity index (χ2n) is 8.46. The molecule has 0 aromatic heterocycles. The highest BCUT2D eigenvalue weighted by molar-refractivity contribution is 7.99. The Balaban J connectivity index is 1.74. The number of carbonyl (C=O) groups excluding carboxylic acids is 2. The van der Waals surface area contributed by atoms with Crippen LogP contribution in [-0.2, 0) is 31.9 Å². The van der Waals surface area contributed by atoms with Gasteiger partial charge < -0.3 is 9.47 Å². The summed E-state index contributed by atoms with van der Waals surface area (Å²) in [6.45, 7) is 4.37. The number of esters is 2. The minimum absolute atomic E-state index is 0.231. The van der Waals surface area contributed by atoms with Gasteiger partial charge in [0.2, 0.25) is 0 Å². The van der Waals surface area contributed by atoms with Gasteiger partial charge in [0, 0.05) is 9.79 Å². The molecule has 0 bridgehead atoms. The lowest BCUT2D eigenvalue weighted by atomic mass is 10.0. The molecule has 4 nitrogen and oxygen atoms in total. The van der Waals surface area contributed by atoms with Gasteiger partial charge in [0.1, 0.15) is 0 Å². The number of rotatable bonds is 10. The molecule has 0 aliphatic rings. The van der Waals surface area contributed by atoms with E-state index in [0.29, 0.717) is 13.2 Å². The monoisotopic (exact) mass is 510 g/mol. The summed E-state index contributed by atoms with van der Waals surface area (Å²) >= 11 is 1.67. The van der Waals surface area contributed by atoms with Crippen molar-refractivity contribution in [2.24, 2.45) is 0 Å². The predicted molar refractivity (Wildman–Crippen MR) is 149 cm³/mol. The van der Waals surface area contributed by atoms with Crippen molar-refractivity contribution in [3.05, 3.63) is 108 Å². The summed E-state index contributed by atoms with van der Waals surface area (Å²) in [6.07, 6.45) is 0.465. The summed E-state index contributed by atoms with van der Waals surface area (Å²) in [6, 6.07) is 32.6. The number of hydrogen-bond acceptors (Lipinski definition) is 5. The molecule has 4 rings (SSSR count). The van der Waals surface area contributed by atoms with Crippen LogP contribution in [0.5, 0.6) is 0 Å². The molecule has 0 fully saturated rings. The van der Waals surface area contributed by atoms with E-state index >= 15 is 0 Å². The summed E-state index contributed by atoms with van der Waals surface area (Å²) < 4.78 is 10.3. The van der Waals surface area contributed by atoms with Crippen LogP contribution in [0, 0.1) is 0 Å². The molecule has 0 spiro atoms. The standard InChI is InChI=1S/C32H30O4S/c1-3-35-31(33)21-23-15-17-29(27(19-23)25-11-7-5-8-12-25)37-30-18-16-24(22-32(34)36-4-2)20-28(30)26-13-9-6-10-14-26/h5-20H,3-4,21-22H2,1-2H3. The van der Waals surface area contributed by atoms with E-state index in [1.807, 2.05) is 62.4 Å². The Kier molecular flexibility index (Phi) is 9.17. The third kappa shape index (κ3) is 7.11. The van der Waals surface area contributed by atoms with Gasteiger partial charge in [0.05, 0.1) is 26.1 Å². The van der Waals surface area contributed by atoms with Gasteiger partial charge in [0.25, 0.3) is 0 Å². The second-order valence-corrected chi connectivity index (χ2v) is 9.54. The highest BCUT2D eigenvalue weighted by Crippen LogP contribution is 2.41. The number of carbonyl (C=O) groups is 2. The normalized spacial score (nSPS) is 10.6. The number of ether oxygens (including phenoxy) is 2. The van der Waals surface area contributed by atoms with E-state index in [-0.39, 0.29) is 24.8 Å². The van der Waals surface area contributed by atoms with Gasteiger partial charge in [-0.15, -0.1) is 0 Å². The minimum atomic E-state index is -0.231. The van der Waals surface area contributed by atoms with Crippen LogP contribution in [0.3, 0.4) is 0 Å². The molecule has 5 heteroatoms. The Hall–Kier alpha value is -3.83. The van der Waals surface area contributed by atoms with Crippen LogP contribution in [0.4, 0.5) is 0 Å². The summed E-state index contributed by atoms with van der Waals surface area (Å²) in [5.74, 6) is -0.462. The summed E-state index contributed by atoms with van der Waals surface area (Å²) in [7, 11) is 0. The molecular formula is C32H30O4S. The first-order valence-electron chi connectivity index (χ1n) is 12.4. The Morgan fingerprint density at radius 1 is 0.595 bits per heavy atom. The molecular weight excluding hydrogens is 480 g/mol. The molecule has 0 heterocycles.